The van der Waals surface area contributed by atoms with E-state index in [9.17, 15) is 9.59 Å². The third-order valence-corrected chi connectivity index (χ3v) is 4.97. The number of anilines is 1. The monoisotopic (exact) mass is 364 g/mol. The summed E-state index contributed by atoms with van der Waals surface area (Å²) in [6.07, 6.45) is 0.258. The first-order chi connectivity index (χ1) is 11.3. The molecule has 0 saturated carbocycles. The molecule has 1 unspecified atom stereocenters. The van der Waals surface area contributed by atoms with Crippen molar-refractivity contribution in [3.05, 3.63) is 16.1 Å². The zero-order chi connectivity index (χ0) is 17.9. The molecule has 24 heavy (non-hydrogen) atoms. The number of hydrogen-bond acceptors (Lipinski definition) is 8. The van der Waals surface area contributed by atoms with Gasteiger partial charge in [-0.25, -0.2) is 9.97 Å². The summed E-state index contributed by atoms with van der Waals surface area (Å²) in [5, 5.41) is 14.2. The molecular weight excluding hydrogens is 348 g/mol. The molecule has 0 aliphatic carbocycles. The number of amides is 2. The lowest BCUT2D eigenvalue weighted by molar-refractivity contribution is -0.134. The van der Waals surface area contributed by atoms with Crippen molar-refractivity contribution in [2.75, 3.05) is 19.4 Å². The summed E-state index contributed by atoms with van der Waals surface area (Å²) < 4.78 is 0. The highest BCUT2D eigenvalue weighted by Gasteiger charge is 2.25. The number of nitrogens with two attached hydrogens (primary N) is 1. The number of thiazole rings is 2. The standard InChI is InChI=1S/C14H16N6O2S2/c1-7-11(8-6-23-9(18-8)4-5-15)24-14(17-7)19-12(21)10(16)13(22)20(2)3/h6,10H,4,16H2,1-3H3,(H,17,19,21). The predicted octanol–water partition coefficient (Wildman–Crippen LogP) is 0.995. The van der Waals surface area contributed by atoms with Gasteiger partial charge in [0, 0.05) is 19.5 Å². The van der Waals surface area contributed by atoms with E-state index in [0.29, 0.717) is 10.8 Å². The van der Waals surface area contributed by atoms with Gasteiger partial charge in [0.1, 0.15) is 5.01 Å². The first-order valence-electron chi connectivity index (χ1n) is 6.90. The van der Waals surface area contributed by atoms with Gasteiger partial charge in [-0.3, -0.25) is 9.59 Å². The molecule has 0 saturated heterocycles. The highest BCUT2D eigenvalue weighted by Crippen LogP contribution is 2.33. The van der Waals surface area contributed by atoms with Gasteiger partial charge in [0.25, 0.3) is 5.91 Å². The van der Waals surface area contributed by atoms with Gasteiger partial charge in [0.15, 0.2) is 11.2 Å². The first-order valence-corrected chi connectivity index (χ1v) is 8.60. The quantitative estimate of drug-likeness (QED) is 0.762. The zero-order valence-electron chi connectivity index (χ0n) is 13.4. The maximum Gasteiger partial charge on any atom is 0.252 e. The summed E-state index contributed by atoms with van der Waals surface area (Å²) in [6, 6.07) is 0.773. The molecule has 2 amide bonds. The molecule has 0 spiro atoms. The van der Waals surface area contributed by atoms with Crippen LogP contribution in [-0.4, -0.2) is 46.8 Å². The van der Waals surface area contributed by atoms with Crippen molar-refractivity contribution < 1.29 is 9.59 Å². The number of carbonyl (C=O) groups is 2. The molecule has 2 heterocycles. The van der Waals surface area contributed by atoms with Crippen LogP contribution in [0.1, 0.15) is 10.7 Å². The average molecular weight is 364 g/mol. The molecule has 8 nitrogen and oxygen atoms in total. The van der Waals surface area contributed by atoms with Gasteiger partial charge in [-0.1, -0.05) is 11.3 Å². The van der Waals surface area contributed by atoms with Crippen LogP contribution in [0.5, 0.6) is 0 Å². The number of nitrogens with zero attached hydrogens (tertiary/aromatic N) is 4. The maximum absolute atomic E-state index is 12.0. The van der Waals surface area contributed by atoms with E-state index in [4.69, 9.17) is 11.0 Å². The minimum absolute atomic E-state index is 0.258. The normalized spacial score (nSPS) is 11.6. The van der Waals surface area contributed by atoms with Crippen LogP contribution >= 0.6 is 22.7 Å². The van der Waals surface area contributed by atoms with Crippen molar-refractivity contribution in [3.8, 4) is 16.6 Å². The fraction of sp³-hybridized carbons (Fsp3) is 0.357. The largest absolute Gasteiger partial charge is 0.347 e. The Balaban J connectivity index is 2.15. The molecule has 0 aliphatic rings. The highest BCUT2D eigenvalue weighted by molar-refractivity contribution is 7.19. The Labute approximate surface area is 146 Å². The summed E-state index contributed by atoms with van der Waals surface area (Å²) in [5.74, 6) is -1.10. The lowest BCUT2D eigenvalue weighted by Gasteiger charge is -2.15. The number of carbonyl (C=O) groups excluding carboxylic acids is 2. The number of aryl methyl sites for hydroxylation is 1. The SMILES string of the molecule is Cc1nc(NC(=O)C(N)C(=O)N(C)C)sc1-c1csc(CC#N)n1. The second kappa shape index (κ2) is 7.48. The van der Waals surface area contributed by atoms with Crippen LogP contribution in [0.15, 0.2) is 5.38 Å². The molecule has 1 atom stereocenters. The second-order valence-corrected chi connectivity index (χ2v) is 7.04. The van der Waals surface area contributed by atoms with Crippen LogP contribution in [0.3, 0.4) is 0 Å². The molecule has 126 valence electrons. The Morgan fingerprint density at radius 2 is 2.17 bits per heavy atom. The van der Waals surface area contributed by atoms with Crippen molar-refractivity contribution in [1.29, 1.82) is 5.26 Å². The van der Waals surface area contributed by atoms with Crippen molar-refractivity contribution in [2.45, 2.75) is 19.4 Å². The molecule has 3 N–H and O–H groups in total. The van der Waals surface area contributed by atoms with E-state index >= 15 is 0 Å². The molecule has 0 aliphatic heterocycles. The van der Waals surface area contributed by atoms with Crippen LogP contribution < -0.4 is 11.1 Å². The van der Waals surface area contributed by atoms with Crippen molar-refractivity contribution in [3.63, 3.8) is 0 Å². The Hall–Kier alpha value is -2.35. The minimum atomic E-state index is -1.28. The molecule has 2 aromatic heterocycles. The van der Waals surface area contributed by atoms with E-state index in [1.165, 1.54) is 41.7 Å². The molecular formula is C14H16N6O2S2. The molecule has 2 aromatic rings. The van der Waals surface area contributed by atoms with Crippen molar-refractivity contribution >= 4 is 39.6 Å². The number of nitriles is 1. The van der Waals surface area contributed by atoms with Gasteiger partial charge in [-0.15, -0.1) is 11.3 Å². The minimum Gasteiger partial charge on any atom is -0.347 e. The third-order valence-electron chi connectivity index (χ3n) is 3.03. The van der Waals surface area contributed by atoms with E-state index in [0.717, 1.165) is 15.6 Å². The van der Waals surface area contributed by atoms with Gasteiger partial charge in [0.2, 0.25) is 5.91 Å². The number of likely N-dealkylation sites (N-methyl/N-ethyl adjacent to an activating group) is 1. The van der Waals surface area contributed by atoms with Crippen LogP contribution in [0, 0.1) is 18.3 Å². The fourth-order valence-electron chi connectivity index (χ4n) is 1.82. The van der Waals surface area contributed by atoms with Gasteiger partial charge in [0.05, 0.1) is 28.8 Å². The number of nitrogens with one attached hydrogen (secondary N) is 1. The summed E-state index contributed by atoms with van der Waals surface area (Å²) >= 11 is 2.65. The predicted molar refractivity (Wildman–Crippen MR) is 92.6 cm³/mol. The fourth-order valence-corrected chi connectivity index (χ4v) is 3.55. The van der Waals surface area contributed by atoms with E-state index in [2.05, 4.69) is 21.4 Å². The Kier molecular flexibility index (Phi) is 5.61. The lowest BCUT2D eigenvalue weighted by atomic mass is 10.2. The molecule has 2 rings (SSSR count). The van der Waals surface area contributed by atoms with E-state index in [1.54, 1.807) is 6.92 Å². The maximum atomic E-state index is 12.0. The smallest absolute Gasteiger partial charge is 0.252 e. The van der Waals surface area contributed by atoms with Crippen molar-refractivity contribution in [2.24, 2.45) is 5.73 Å². The number of aromatic nitrogens is 2. The van der Waals surface area contributed by atoms with Crippen LogP contribution in [0.4, 0.5) is 5.13 Å². The van der Waals surface area contributed by atoms with Gasteiger partial charge in [-0.05, 0) is 6.92 Å². The number of hydrogen-bond donors (Lipinski definition) is 2. The molecule has 0 fully saturated rings. The van der Waals surface area contributed by atoms with E-state index < -0.39 is 17.9 Å². The second-order valence-electron chi connectivity index (χ2n) is 5.09. The first kappa shape index (κ1) is 18.0. The summed E-state index contributed by atoms with van der Waals surface area (Å²) in [6.45, 7) is 1.80. The Morgan fingerprint density at radius 3 is 2.79 bits per heavy atom. The number of rotatable bonds is 5. The third kappa shape index (κ3) is 3.94. The molecule has 0 radical (unpaired) electrons. The highest BCUT2D eigenvalue weighted by atomic mass is 32.1. The Bertz CT molecular complexity index is 805. The van der Waals surface area contributed by atoms with Gasteiger partial charge in [-0.2, -0.15) is 5.26 Å². The van der Waals surface area contributed by atoms with E-state index in [-0.39, 0.29) is 6.42 Å². The van der Waals surface area contributed by atoms with Crippen LogP contribution in [0.25, 0.3) is 10.6 Å². The molecule has 0 aromatic carbocycles. The lowest BCUT2D eigenvalue weighted by Crippen LogP contribution is -2.48. The van der Waals surface area contributed by atoms with E-state index in [1.807, 2.05) is 5.38 Å². The van der Waals surface area contributed by atoms with Crippen LogP contribution in [0.2, 0.25) is 0 Å². The molecule has 10 heteroatoms. The summed E-state index contributed by atoms with van der Waals surface area (Å²) in [7, 11) is 3.06. The topological polar surface area (TPSA) is 125 Å². The van der Waals surface area contributed by atoms with Crippen LogP contribution in [-0.2, 0) is 16.0 Å². The van der Waals surface area contributed by atoms with Gasteiger partial charge >= 0.3 is 0 Å². The zero-order valence-corrected chi connectivity index (χ0v) is 15.0. The summed E-state index contributed by atoms with van der Waals surface area (Å²) in [4.78, 5) is 34.5. The average Bonchev–Trinajstić information content (AvgIpc) is 3.12. The molecule has 0 bridgehead atoms. The Morgan fingerprint density at radius 1 is 1.46 bits per heavy atom. The summed E-state index contributed by atoms with van der Waals surface area (Å²) in [5.41, 5.74) is 7.06. The van der Waals surface area contributed by atoms with Crippen molar-refractivity contribution in [1.82, 2.24) is 14.9 Å². The van der Waals surface area contributed by atoms with Gasteiger partial charge < -0.3 is 16.0 Å².